The summed E-state index contributed by atoms with van der Waals surface area (Å²) in [6, 6.07) is 5.42. The quantitative estimate of drug-likeness (QED) is 0.487. The average Bonchev–Trinajstić information content (AvgIpc) is 2.41. The van der Waals surface area contributed by atoms with E-state index in [9.17, 15) is 0 Å². The van der Waals surface area contributed by atoms with Crippen molar-refractivity contribution in [1.29, 1.82) is 0 Å². The van der Waals surface area contributed by atoms with Gasteiger partial charge in [-0.05, 0) is 39.8 Å². The summed E-state index contributed by atoms with van der Waals surface area (Å²) >= 11 is 0. The van der Waals surface area contributed by atoms with E-state index in [0.29, 0.717) is 30.5 Å². The van der Waals surface area contributed by atoms with Crippen LogP contribution in [-0.2, 0) is 9.47 Å². The highest BCUT2D eigenvalue weighted by Crippen LogP contribution is 2.32. The highest BCUT2D eigenvalue weighted by molar-refractivity contribution is 5.45. The second kappa shape index (κ2) is 9.44. The van der Waals surface area contributed by atoms with Gasteiger partial charge in [0.15, 0.2) is 25.1 Å². The van der Waals surface area contributed by atoms with Gasteiger partial charge in [-0.2, -0.15) is 0 Å². The van der Waals surface area contributed by atoms with Gasteiger partial charge in [-0.15, -0.1) is 0 Å². The molecule has 114 valence electrons. The average molecular weight is 284 g/mol. The normalized spacial score (nSPS) is 10.7. The molecule has 0 aromatic heterocycles. The second-order valence-electron chi connectivity index (χ2n) is 4.29. The van der Waals surface area contributed by atoms with Crippen molar-refractivity contribution >= 4 is 0 Å². The van der Waals surface area contributed by atoms with E-state index in [1.165, 1.54) is 0 Å². The molecule has 1 aromatic carbocycles. The Hall–Kier alpha value is -1.46. The highest BCUT2D eigenvalue weighted by Gasteiger charge is 2.09. The van der Waals surface area contributed by atoms with Gasteiger partial charge in [0, 0.05) is 19.3 Å². The monoisotopic (exact) mass is 284 g/mol. The number of hydrogen-bond donors (Lipinski definition) is 0. The zero-order valence-corrected chi connectivity index (χ0v) is 12.7. The molecule has 20 heavy (non-hydrogen) atoms. The predicted octanol–water partition coefficient (Wildman–Crippen LogP) is 3.22. The van der Waals surface area contributed by atoms with E-state index >= 15 is 0 Å². The van der Waals surface area contributed by atoms with E-state index in [0.717, 1.165) is 0 Å². The molecule has 0 aliphatic rings. The Morgan fingerprint density at radius 3 is 2.15 bits per heavy atom. The molecule has 0 N–H and O–H groups in total. The van der Waals surface area contributed by atoms with Gasteiger partial charge in [0.25, 0.3) is 0 Å². The molecule has 1 aromatic rings. The predicted molar refractivity (Wildman–Crippen MR) is 76.4 cm³/mol. The van der Waals surface area contributed by atoms with Gasteiger partial charge in [-0.25, -0.2) is 0 Å². The first-order chi connectivity index (χ1) is 9.67. The summed E-state index contributed by atoms with van der Waals surface area (Å²) in [4.78, 5) is 0. The van der Waals surface area contributed by atoms with Crippen LogP contribution in [0.1, 0.15) is 27.7 Å². The van der Waals surface area contributed by atoms with Gasteiger partial charge in [0.2, 0.25) is 0 Å². The molecule has 0 fully saturated rings. The van der Waals surface area contributed by atoms with Crippen LogP contribution in [0.25, 0.3) is 0 Å². The van der Waals surface area contributed by atoms with E-state index < -0.39 is 0 Å². The molecule has 0 radical (unpaired) electrons. The molecule has 0 atom stereocenters. The minimum Gasteiger partial charge on any atom is -0.487 e. The Morgan fingerprint density at radius 1 is 0.900 bits per heavy atom. The molecule has 5 heteroatoms. The Balaban J connectivity index is 2.72. The Morgan fingerprint density at radius 2 is 1.55 bits per heavy atom. The largest absolute Gasteiger partial charge is 0.487 e. The first-order valence-corrected chi connectivity index (χ1v) is 6.89. The van der Waals surface area contributed by atoms with Crippen molar-refractivity contribution in [2.45, 2.75) is 33.8 Å². The fourth-order valence-corrected chi connectivity index (χ4v) is 1.42. The van der Waals surface area contributed by atoms with E-state index in [-0.39, 0.29) is 19.7 Å². The van der Waals surface area contributed by atoms with E-state index in [2.05, 4.69) is 0 Å². The fraction of sp³-hybridized carbons (Fsp3) is 0.600. The lowest BCUT2D eigenvalue weighted by Gasteiger charge is -2.16. The zero-order chi connectivity index (χ0) is 14.8. The van der Waals surface area contributed by atoms with Gasteiger partial charge in [-0.1, -0.05) is 0 Å². The molecule has 0 spiro atoms. The highest BCUT2D eigenvalue weighted by atomic mass is 16.7. The molecule has 0 amide bonds. The number of benzene rings is 1. The number of hydrogen-bond acceptors (Lipinski definition) is 5. The first-order valence-electron chi connectivity index (χ1n) is 6.89. The van der Waals surface area contributed by atoms with Gasteiger partial charge >= 0.3 is 0 Å². The summed E-state index contributed by atoms with van der Waals surface area (Å²) in [5, 5.41) is 0. The van der Waals surface area contributed by atoms with E-state index in [1.807, 2.05) is 39.8 Å². The second-order valence-corrected chi connectivity index (χ2v) is 4.29. The van der Waals surface area contributed by atoms with Crippen LogP contribution in [0.4, 0.5) is 0 Å². The van der Waals surface area contributed by atoms with Gasteiger partial charge in [0.05, 0.1) is 6.10 Å². The molecule has 0 unspecified atom stereocenters. The zero-order valence-electron chi connectivity index (χ0n) is 12.7. The molecule has 0 aliphatic carbocycles. The first kappa shape index (κ1) is 16.6. The SMILES string of the molecule is CCOCOc1ccc(OC(C)C)c(OCOCC)c1. The topological polar surface area (TPSA) is 46.2 Å². The molecule has 0 bridgehead atoms. The van der Waals surface area contributed by atoms with Crippen molar-refractivity contribution in [3.8, 4) is 17.2 Å². The van der Waals surface area contributed by atoms with Crippen LogP contribution < -0.4 is 14.2 Å². The van der Waals surface area contributed by atoms with Crippen molar-refractivity contribution in [2.24, 2.45) is 0 Å². The van der Waals surface area contributed by atoms with Gasteiger partial charge in [-0.3, -0.25) is 0 Å². The minimum atomic E-state index is 0.0691. The summed E-state index contributed by atoms with van der Waals surface area (Å²) in [6.45, 7) is 9.36. The maximum atomic E-state index is 5.69. The number of rotatable bonds is 10. The third kappa shape index (κ3) is 6.12. The summed E-state index contributed by atoms with van der Waals surface area (Å²) < 4.78 is 27.0. The van der Waals surface area contributed by atoms with Crippen LogP contribution in [0.15, 0.2) is 18.2 Å². The van der Waals surface area contributed by atoms with Crippen LogP contribution >= 0.6 is 0 Å². The maximum Gasteiger partial charge on any atom is 0.189 e. The minimum absolute atomic E-state index is 0.0691. The van der Waals surface area contributed by atoms with Crippen molar-refractivity contribution in [3.05, 3.63) is 18.2 Å². The maximum absolute atomic E-state index is 5.69. The van der Waals surface area contributed by atoms with Crippen LogP contribution in [0, 0.1) is 0 Å². The lowest BCUT2D eigenvalue weighted by atomic mass is 10.3. The molecule has 0 saturated carbocycles. The van der Waals surface area contributed by atoms with E-state index in [1.54, 1.807) is 6.07 Å². The number of ether oxygens (including phenoxy) is 5. The molecular formula is C15H24O5. The van der Waals surface area contributed by atoms with Crippen LogP contribution in [-0.4, -0.2) is 32.9 Å². The molecule has 0 heterocycles. The molecule has 1 rings (SSSR count). The third-order valence-corrected chi connectivity index (χ3v) is 2.29. The fourth-order valence-electron chi connectivity index (χ4n) is 1.42. The van der Waals surface area contributed by atoms with Crippen molar-refractivity contribution < 1.29 is 23.7 Å². The molecule has 0 aliphatic heterocycles. The summed E-state index contributed by atoms with van der Waals surface area (Å²) in [5.74, 6) is 1.94. The smallest absolute Gasteiger partial charge is 0.189 e. The third-order valence-electron chi connectivity index (χ3n) is 2.29. The van der Waals surface area contributed by atoms with Crippen LogP contribution in [0.5, 0.6) is 17.2 Å². The standard InChI is InChI=1S/C15H24O5/c1-5-16-10-18-13-7-8-14(20-12(3)4)15(9-13)19-11-17-6-2/h7-9,12H,5-6,10-11H2,1-4H3. The summed E-state index contributed by atoms with van der Waals surface area (Å²) in [5.41, 5.74) is 0. The van der Waals surface area contributed by atoms with Crippen molar-refractivity contribution in [2.75, 3.05) is 26.8 Å². The van der Waals surface area contributed by atoms with Crippen LogP contribution in [0.2, 0.25) is 0 Å². The lowest BCUT2D eigenvalue weighted by Crippen LogP contribution is -2.09. The molecule has 5 nitrogen and oxygen atoms in total. The van der Waals surface area contributed by atoms with Crippen LogP contribution in [0.3, 0.4) is 0 Å². The van der Waals surface area contributed by atoms with Gasteiger partial charge < -0.3 is 23.7 Å². The lowest BCUT2D eigenvalue weighted by molar-refractivity contribution is 0.0164. The van der Waals surface area contributed by atoms with E-state index in [4.69, 9.17) is 23.7 Å². The Labute approximate surface area is 120 Å². The van der Waals surface area contributed by atoms with Crippen molar-refractivity contribution in [3.63, 3.8) is 0 Å². The van der Waals surface area contributed by atoms with Crippen molar-refractivity contribution in [1.82, 2.24) is 0 Å². The summed E-state index contributed by atoms with van der Waals surface area (Å²) in [7, 11) is 0. The molecular weight excluding hydrogens is 260 g/mol. The Bertz CT molecular complexity index is 379. The van der Waals surface area contributed by atoms with Gasteiger partial charge in [0.1, 0.15) is 5.75 Å². The molecule has 0 saturated heterocycles. The Kier molecular flexibility index (Phi) is 7.84. The summed E-state index contributed by atoms with van der Waals surface area (Å²) in [6.07, 6.45) is 0.0691.